The Morgan fingerprint density at radius 1 is 1.07 bits per heavy atom. The largest absolute Gasteiger partial charge is 0.385 e. The Hall–Kier alpha value is -2.19. The Balaban J connectivity index is 1.88. The molecule has 0 aromatic heterocycles. The van der Waals surface area contributed by atoms with Crippen LogP contribution in [0, 0.1) is 0 Å². The van der Waals surface area contributed by atoms with E-state index in [4.69, 9.17) is 40.2 Å². The van der Waals surface area contributed by atoms with Gasteiger partial charge in [0.15, 0.2) is 5.11 Å². The van der Waals surface area contributed by atoms with Gasteiger partial charge in [0, 0.05) is 36.5 Å². The number of hydrogen-bond acceptors (Lipinski definition) is 4. The number of hydrogen-bond donors (Lipinski definition) is 3. The summed E-state index contributed by atoms with van der Waals surface area (Å²) in [4.78, 5) is 24.3. The molecule has 2 aromatic carbocycles. The maximum Gasteiger partial charge on any atom is 0.258 e. The Kier molecular flexibility index (Phi) is 8.66. The summed E-state index contributed by atoms with van der Waals surface area (Å²) in [7, 11) is 1.62. The lowest BCUT2D eigenvalue weighted by atomic mass is 10.2. The highest BCUT2D eigenvalue weighted by Gasteiger charge is 2.12. The van der Waals surface area contributed by atoms with Crippen LogP contribution in [-0.2, 0) is 4.74 Å². The van der Waals surface area contributed by atoms with Crippen LogP contribution < -0.4 is 16.0 Å². The third-order valence-electron chi connectivity index (χ3n) is 3.62. The van der Waals surface area contributed by atoms with Crippen molar-refractivity contribution in [2.75, 3.05) is 25.6 Å². The lowest BCUT2D eigenvalue weighted by molar-refractivity contribution is 0.0946. The van der Waals surface area contributed by atoms with Crippen LogP contribution in [0.25, 0.3) is 0 Å². The molecule has 0 radical (unpaired) electrons. The van der Waals surface area contributed by atoms with E-state index in [2.05, 4.69) is 16.0 Å². The summed E-state index contributed by atoms with van der Waals surface area (Å²) in [5.41, 5.74) is 1.41. The van der Waals surface area contributed by atoms with Crippen LogP contribution >= 0.6 is 35.4 Å². The highest BCUT2D eigenvalue weighted by atomic mass is 35.5. The van der Waals surface area contributed by atoms with E-state index in [0.29, 0.717) is 29.4 Å². The smallest absolute Gasteiger partial charge is 0.258 e. The van der Waals surface area contributed by atoms with Crippen molar-refractivity contribution in [2.24, 2.45) is 0 Å². The number of carbonyl (C=O) groups is 2. The zero-order valence-electron chi connectivity index (χ0n) is 15.1. The molecule has 0 aliphatic heterocycles. The topological polar surface area (TPSA) is 79.5 Å². The Morgan fingerprint density at radius 3 is 2.43 bits per heavy atom. The highest BCUT2D eigenvalue weighted by molar-refractivity contribution is 7.80. The fourth-order valence-electron chi connectivity index (χ4n) is 2.23. The molecule has 28 heavy (non-hydrogen) atoms. The SMILES string of the molecule is COCCCNC(=O)c1ccc(NC(=S)NC(=O)c2ccc(Cl)cc2Cl)cc1. The normalized spacial score (nSPS) is 10.2. The van der Waals surface area contributed by atoms with Crippen LogP contribution in [0.3, 0.4) is 0 Å². The molecule has 0 fully saturated rings. The molecule has 6 nitrogen and oxygen atoms in total. The minimum Gasteiger partial charge on any atom is -0.385 e. The fourth-order valence-corrected chi connectivity index (χ4v) is 2.94. The van der Waals surface area contributed by atoms with Gasteiger partial charge in [0.2, 0.25) is 0 Å². The van der Waals surface area contributed by atoms with Crippen molar-refractivity contribution in [1.29, 1.82) is 0 Å². The third kappa shape index (κ3) is 6.76. The van der Waals surface area contributed by atoms with Crippen LogP contribution in [0.15, 0.2) is 42.5 Å². The summed E-state index contributed by atoms with van der Waals surface area (Å²) in [6, 6.07) is 11.3. The number of ether oxygens (including phenoxy) is 1. The Morgan fingerprint density at radius 2 is 1.79 bits per heavy atom. The molecule has 0 aliphatic carbocycles. The summed E-state index contributed by atoms with van der Waals surface area (Å²) in [5.74, 6) is -0.623. The number of anilines is 1. The molecule has 3 N–H and O–H groups in total. The van der Waals surface area contributed by atoms with E-state index in [1.54, 1.807) is 37.4 Å². The van der Waals surface area contributed by atoms with Crippen molar-refractivity contribution in [3.63, 3.8) is 0 Å². The molecule has 9 heteroatoms. The first kappa shape index (κ1) is 22.1. The number of rotatable bonds is 7. The Bertz CT molecular complexity index is 860. The molecule has 2 rings (SSSR count). The van der Waals surface area contributed by atoms with Crippen LogP contribution in [0.4, 0.5) is 5.69 Å². The summed E-state index contributed by atoms with van der Waals surface area (Å²) in [5, 5.41) is 9.00. The minimum absolute atomic E-state index is 0.104. The monoisotopic (exact) mass is 439 g/mol. The first-order valence-electron chi connectivity index (χ1n) is 8.35. The first-order valence-corrected chi connectivity index (χ1v) is 9.51. The van der Waals surface area contributed by atoms with Gasteiger partial charge in [-0.2, -0.15) is 0 Å². The number of thiocarbonyl (C=S) groups is 1. The first-order chi connectivity index (χ1) is 13.4. The van der Waals surface area contributed by atoms with Gasteiger partial charge in [-0.1, -0.05) is 23.2 Å². The van der Waals surface area contributed by atoms with Crippen LogP contribution in [0.5, 0.6) is 0 Å². The summed E-state index contributed by atoms with van der Waals surface area (Å²) in [6.07, 6.45) is 0.744. The quantitative estimate of drug-likeness (QED) is 0.450. The van der Waals surface area contributed by atoms with Crippen LogP contribution in [-0.4, -0.2) is 37.2 Å². The molecule has 2 amide bonds. The number of carbonyl (C=O) groups excluding carboxylic acids is 2. The number of methoxy groups -OCH3 is 1. The predicted molar refractivity (Wildman–Crippen MR) is 115 cm³/mol. The van der Waals surface area contributed by atoms with Gasteiger partial charge < -0.3 is 15.4 Å². The lowest BCUT2D eigenvalue weighted by Crippen LogP contribution is -2.34. The summed E-state index contributed by atoms with van der Waals surface area (Å²) in [6.45, 7) is 1.13. The van der Waals surface area contributed by atoms with Gasteiger partial charge in [-0.05, 0) is 61.1 Å². The third-order valence-corrected chi connectivity index (χ3v) is 4.37. The van der Waals surface area contributed by atoms with Crippen molar-refractivity contribution < 1.29 is 14.3 Å². The number of benzene rings is 2. The second-order valence-electron chi connectivity index (χ2n) is 5.71. The van der Waals surface area contributed by atoms with Crippen LogP contribution in [0.2, 0.25) is 10.0 Å². The summed E-state index contributed by atoms with van der Waals surface area (Å²) >= 11 is 17.0. The fraction of sp³-hybridized carbons (Fsp3) is 0.211. The predicted octanol–water partition coefficient (Wildman–Crippen LogP) is 3.89. The van der Waals surface area contributed by atoms with E-state index in [9.17, 15) is 9.59 Å². The average Bonchev–Trinajstić information content (AvgIpc) is 2.65. The second kappa shape index (κ2) is 11.0. The van der Waals surface area contributed by atoms with Crippen molar-refractivity contribution in [2.45, 2.75) is 6.42 Å². The average molecular weight is 440 g/mol. The molecule has 0 aliphatic rings. The Labute approximate surface area is 178 Å². The lowest BCUT2D eigenvalue weighted by Gasteiger charge is -2.11. The summed E-state index contributed by atoms with van der Waals surface area (Å²) < 4.78 is 4.93. The zero-order valence-corrected chi connectivity index (χ0v) is 17.4. The van der Waals surface area contributed by atoms with Gasteiger partial charge >= 0.3 is 0 Å². The van der Waals surface area contributed by atoms with Gasteiger partial charge in [0.25, 0.3) is 11.8 Å². The molecule has 0 bridgehead atoms. The van der Waals surface area contributed by atoms with Gasteiger partial charge in [-0.3, -0.25) is 14.9 Å². The molecule has 2 aromatic rings. The molecular formula is C19H19Cl2N3O3S. The molecule has 0 spiro atoms. The van der Waals surface area contributed by atoms with E-state index in [0.717, 1.165) is 6.42 Å². The van der Waals surface area contributed by atoms with Gasteiger partial charge in [0.05, 0.1) is 10.6 Å². The number of halogens is 2. The molecule has 0 saturated heterocycles. The van der Waals surface area contributed by atoms with Crippen molar-refractivity contribution in [3.05, 3.63) is 63.6 Å². The van der Waals surface area contributed by atoms with Gasteiger partial charge in [-0.15, -0.1) is 0 Å². The molecule has 0 saturated carbocycles. The van der Waals surface area contributed by atoms with E-state index in [-0.39, 0.29) is 21.6 Å². The number of nitrogens with one attached hydrogen (secondary N) is 3. The van der Waals surface area contributed by atoms with Crippen molar-refractivity contribution in [3.8, 4) is 0 Å². The maximum atomic E-state index is 12.2. The molecule has 0 atom stereocenters. The molecular weight excluding hydrogens is 421 g/mol. The zero-order chi connectivity index (χ0) is 20.5. The van der Waals surface area contributed by atoms with Crippen LogP contribution in [0.1, 0.15) is 27.1 Å². The maximum absolute atomic E-state index is 12.2. The van der Waals surface area contributed by atoms with Gasteiger partial charge in [0.1, 0.15) is 0 Å². The minimum atomic E-state index is -0.453. The van der Waals surface area contributed by atoms with E-state index in [1.807, 2.05) is 0 Å². The molecule has 0 heterocycles. The van der Waals surface area contributed by atoms with Gasteiger partial charge in [-0.25, -0.2) is 0 Å². The second-order valence-corrected chi connectivity index (χ2v) is 6.96. The van der Waals surface area contributed by atoms with Crippen molar-refractivity contribution in [1.82, 2.24) is 10.6 Å². The number of amides is 2. The molecule has 148 valence electrons. The standard InChI is InChI=1S/C19H19Cl2N3O3S/c1-27-10-2-9-22-17(25)12-3-6-14(7-4-12)23-19(28)24-18(26)15-8-5-13(20)11-16(15)21/h3-8,11H,2,9-10H2,1H3,(H,22,25)(H2,23,24,26,28). The molecule has 0 unspecified atom stereocenters. The highest BCUT2D eigenvalue weighted by Crippen LogP contribution is 2.20. The van der Waals surface area contributed by atoms with E-state index in [1.165, 1.54) is 12.1 Å². The van der Waals surface area contributed by atoms with E-state index >= 15 is 0 Å². The van der Waals surface area contributed by atoms with Crippen molar-refractivity contribution >= 4 is 58.0 Å². The van der Waals surface area contributed by atoms with E-state index < -0.39 is 5.91 Å².